The Morgan fingerprint density at radius 1 is 0.966 bits per heavy atom. The molecule has 0 fully saturated rings. The number of hydrogen-bond acceptors (Lipinski definition) is 4. The van der Waals surface area contributed by atoms with Gasteiger partial charge in [-0.2, -0.15) is 4.72 Å². The van der Waals surface area contributed by atoms with E-state index in [2.05, 4.69) is 10.0 Å². The number of amides is 1. The highest BCUT2D eigenvalue weighted by Gasteiger charge is 2.26. The van der Waals surface area contributed by atoms with Gasteiger partial charge in [0, 0.05) is 11.6 Å². The summed E-state index contributed by atoms with van der Waals surface area (Å²) in [6.45, 7) is 0.395. The van der Waals surface area contributed by atoms with E-state index in [9.17, 15) is 13.2 Å². The lowest BCUT2D eigenvalue weighted by Crippen LogP contribution is -2.48. The van der Waals surface area contributed by atoms with Crippen LogP contribution in [0.5, 0.6) is 0 Å². The Labute approximate surface area is 179 Å². The molecule has 0 aliphatic rings. The van der Waals surface area contributed by atoms with Crippen LogP contribution in [0.2, 0.25) is 5.02 Å². The molecule has 0 bridgehead atoms. The first-order valence-electron chi connectivity index (χ1n) is 9.06. The lowest BCUT2D eigenvalue weighted by Gasteiger charge is -2.18. The highest BCUT2D eigenvalue weighted by atomic mass is 35.5. The second-order valence-corrected chi connectivity index (χ2v) is 9.79. The van der Waals surface area contributed by atoms with Gasteiger partial charge in [0.2, 0.25) is 5.91 Å². The molecule has 1 aromatic heterocycles. The lowest BCUT2D eigenvalue weighted by atomic mass is 10.1. The second-order valence-electron chi connectivity index (χ2n) is 6.46. The number of carbonyl (C=O) groups excluding carboxylic acids is 1. The van der Waals surface area contributed by atoms with E-state index in [0.717, 1.165) is 22.5 Å². The number of benzene rings is 2. The van der Waals surface area contributed by atoms with E-state index in [-0.39, 0.29) is 16.5 Å². The van der Waals surface area contributed by atoms with Crippen molar-refractivity contribution in [2.75, 3.05) is 6.54 Å². The van der Waals surface area contributed by atoms with Crippen LogP contribution in [-0.2, 0) is 27.7 Å². The maximum atomic E-state index is 12.8. The molecule has 0 spiro atoms. The Bertz CT molecular complexity index is 1020. The maximum Gasteiger partial charge on any atom is 0.250 e. The van der Waals surface area contributed by atoms with Crippen LogP contribution in [0.25, 0.3) is 0 Å². The molecule has 1 unspecified atom stereocenters. The van der Waals surface area contributed by atoms with E-state index in [1.165, 1.54) is 6.07 Å². The summed E-state index contributed by atoms with van der Waals surface area (Å²) in [6, 6.07) is 19.0. The smallest absolute Gasteiger partial charge is 0.250 e. The summed E-state index contributed by atoms with van der Waals surface area (Å²) in [6.07, 6.45) is 0.886. The van der Waals surface area contributed by atoms with Crippen LogP contribution in [0.15, 0.2) is 76.3 Å². The number of sulfonamides is 1. The van der Waals surface area contributed by atoms with Crippen LogP contribution in [0.3, 0.4) is 0 Å². The van der Waals surface area contributed by atoms with Crippen molar-refractivity contribution < 1.29 is 13.2 Å². The van der Waals surface area contributed by atoms with Crippen molar-refractivity contribution in [1.29, 1.82) is 0 Å². The monoisotopic (exact) mass is 448 g/mol. The van der Waals surface area contributed by atoms with Gasteiger partial charge in [0.25, 0.3) is 10.0 Å². The van der Waals surface area contributed by atoms with Gasteiger partial charge in [-0.3, -0.25) is 4.79 Å². The predicted octanol–water partition coefficient (Wildman–Crippen LogP) is 3.65. The van der Waals surface area contributed by atoms with E-state index in [0.29, 0.717) is 18.0 Å². The summed E-state index contributed by atoms with van der Waals surface area (Å²) in [5.74, 6) is -0.358. The van der Waals surface area contributed by atoms with E-state index in [4.69, 9.17) is 11.6 Å². The third kappa shape index (κ3) is 6.40. The summed E-state index contributed by atoms with van der Waals surface area (Å²) in [4.78, 5) is 12.8. The van der Waals surface area contributed by atoms with Crippen LogP contribution in [0.4, 0.5) is 0 Å². The molecule has 1 heterocycles. The van der Waals surface area contributed by atoms with Gasteiger partial charge in [-0.1, -0.05) is 60.1 Å². The van der Waals surface area contributed by atoms with Gasteiger partial charge >= 0.3 is 0 Å². The van der Waals surface area contributed by atoms with Crippen LogP contribution >= 0.6 is 22.9 Å². The minimum Gasteiger partial charge on any atom is -0.354 e. The van der Waals surface area contributed by atoms with E-state index in [1.807, 2.05) is 42.5 Å². The summed E-state index contributed by atoms with van der Waals surface area (Å²) < 4.78 is 28.0. The van der Waals surface area contributed by atoms with E-state index in [1.54, 1.807) is 23.6 Å². The van der Waals surface area contributed by atoms with Gasteiger partial charge in [-0.15, -0.1) is 11.3 Å². The average Bonchev–Trinajstić information content (AvgIpc) is 3.25. The molecule has 152 valence electrons. The second kappa shape index (κ2) is 10.0. The minimum absolute atomic E-state index is 0.185. The third-order valence-corrected chi connectivity index (χ3v) is 7.40. The molecule has 5 nitrogen and oxygen atoms in total. The quantitative estimate of drug-likeness (QED) is 0.524. The van der Waals surface area contributed by atoms with Crippen molar-refractivity contribution in [3.8, 4) is 0 Å². The first kappa shape index (κ1) is 21.5. The molecule has 3 aromatic rings. The van der Waals surface area contributed by atoms with Gasteiger partial charge in [-0.05, 0) is 47.5 Å². The van der Waals surface area contributed by atoms with Crippen LogP contribution in [0, 0.1) is 0 Å². The molecule has 2 N–H and O–H groups in total. The predicted molar refractivity (Wildman–Crippen MR) is 117 cm³/mol. The van der Waals surface area contributed by atoms with Crippen molar-refractivity contribution in [3.05, 3.63) is 88.3 Å². The first-order valence-corrected chi connectivity index (χ1v) is 11.8. The lowest BCUT2D eigenvalue weighted by molar-refractivity contribution is -0.122. The molecular weight excluding hydrogens is 428 g/mol. The SMILES string of the molecule is O=C(NCCc1ccc(Cl)cc1)C(Cc1ccccc1)NS(=O)(=O)c1cccs1. The zero-order chi connectivity index (χ0) is 20.7. The van der Waals surface area contributed by atoms with Crippen molar-refractivity contribution in [2.45, 2.75) is 23.1 Å². The molecular formula is C21H21ClN2O3S2. The van der Waals surface area contributed by atoms with Crippen molar-refractivity contribution >= 4 is 38.9 Å². The molecule has 0 saturated carbocycles. The summed E-state index contributed by atoms with van der Waals surface area (Å²) in [7, 11) is -3.77. The number of carbonyl (C=O) groups is 1. The summed E-state index contributed by atoms with van der Waals surface area (Å²) >= 11 is 7.00. The number of thiophene rings is 1. The zero-order valence-corrected chi connectivity index (χ0v) is 17.9. The third-order valence-electron chi connectivity index (χ3n) is 4.28. The minimum atomic E-state index is -3.77. The molecule has 0 aliphatic carbocycles. The molecule has 1 amide bonds. The van der Waals surface area contributed by atoms with Crippen LogP contribution in [-0.4, -0.2) is 26.9 Å². The largest absolute Gasteiger partial charge is 0.354 e. The van der Waals surface area contributed by atoms with E-state index >= 15 is 0 Å². The molecule has 3 rings (SSSR count). The van der Waals surface area contributed by atoms with Crippen LogP contribution < -0.4 is 10.0 Å². The Balaban J connectivity index is 1.67. The molecule has 0 radical (unpaired) electrons. The summed E-state index contributed by atoms with van der Waals surface area (Å²) in [5, 5.41) is 5.18. The highest BCUT2D eigenvalue weighted by Crippen LogP contribution is 2.17. The summed E-state index contributed by atoms with van der Waals surface area (Å²) in [5.41, 5.74) is 1.91. The van der Waals surface area contributed by atoms with Gasteiger partial charge in [0.05, 0.1) is 0 Å². The normalized spacial score (nSPS) is 12.4. The van der Waals surface area contributed by atoms with Crippen molar-refractivity contribution in [3.63, 3.8) is 0 Å². The Morgan fingerprint density at radius 2 is 1.69 bits per heavy atom. The van der Waals surface area contributed by atoms with Gasteiger partial charge < -0.3 is 5.32 Å². The highest BCUT2D eigenvalue weighted by molar-refractivity contribution is 7.91. The molecule has 1 atom stereocenters. The molecule has 0 saturated heterocycles. The number of hydrogen-bond donors (Lipinski definition) is 2. The zero-order valence-electron chi connectivity index (χ0n) is 15.5. The first-order chi connectivity index (χ1) is 13.9. The standard InChI is InChI=1S/C21H21ClN2O3S2/c22-18-10-8-16(9-11-18)12-13-23-21(25)19(15-17-5-2-1-3-6-17)24-29(26,27)20-7-4-14-28-20/h1-11,14,19,24H,12-13,15H2,(H,23,25). The van der Waals surface area contributed by atoms with Gasteiger partial charge in [0.1, 0.15) is 10.3 Å². The molecule has 8 heteroatoms. The van der Waals surface area contributed by atoms with Crippen molar-refractivity contribution in [1.82, 2.24) is 10.0 Å². The van der Waals surface area contributed by atoms with Crippen LogP contribution in [0.1, 0.15) is 11.1 Å². The molecule has 2 aromatic carbocycles. The van der Waals surface area contributed by atoms with Crippen molar-refractivity contribution in [2.24, 2.45) is 0 Å². The fourth-order valence-corrected chi connectivity index (χ4v) is 5.13. The average molecular weight is 449 g/mol. The number of rotatable bonds is 9. The van der Waals surface area contributed by atoms with Gasteiger partial charge in [-0.25, -0.2) is 8.42 Å². The fourth-order valence-electron chi connectivity index (χ4n) is 2.80. The number of halogens is 1. The topological polar surface area (TPSA) is 75.3 Å². The number of nitrogens with one attached hydrogen (secondary N) is 2. The Hall–Kier alpha value is -2.19. The Kier molecular flexibility index (Phi) is 7.44. The fraction of sp³-hybridized carbons (Fsp3) is 0.190. The van der Waals surface area contributed by atoms with E-state index < -0.39 is 16.1 Å². The Morgan fingerprint density at radius 3 is 2.34 bits per heavy atom. The molecule has 0 aliphatic heterocycles. The maximum absolute atomic E-state index is 12.8. The van der Waals surface area contributed by atoms with Gasteiger partial charge in [0.15, 0.2) is 0 Å². The molecule has 29 heavy (non-hydrogen) atoms.